The van der Waals surface area contributed by atoms with Crippen molar-refractivity contribution >= 4 is 51.9 Å². The van der Waals surface area contributed by atoms with Crippen molar-refractivity contribution in [3.8, 4) is 0 Å². The van der Waals surface area contributed by atoms with Gasteiger partial charge in [0.05, 0.1) is 42.0 Å². The van der Waals surface area contributed by atoms with Gasteiger partial charge in [-0.1, -0.05) is 47.5 Å². The standard InChI is InChI=1S/C23H21Cl2FN6S/c1-14-22(15(2)32(30-14)12-16-7-8-18(24)9-20(16)25)29-23(33)28-19-10-27-31(13-19)11-17-5-3-4-6-21(17)26/h3-10,13H,11-12H2,1-2H3,(H2,28,29,33). The summed E-state index contributed by atoms with van der Waals surface area (Å²) in [6.45, 7) is 4.70. The number of anilines is 2. The first-order valence-electron chi connectivity index (χ1n) is 10.1. The van der Waals surface area contributed by atoms with Crippen LogP contribution in [0.2, 0.25) is 10.0 Å². The number of benzene rings is 2. The molecule has 10 heteroatoms. The second-order valence-electron chi connectivity index (χ2n) is 7.54. The predicted octanol–water partition coefficient (Wildman–Crippen LogP) is 6.05. The van der Waals surface area contributed by atoms with E-state index < -0.39 is 0 Å². The molecule has 170 valence electrons. The molecule has 0 aliphatic heterocycles. The monoisotopic (exact) mass is 502 g/mol. The third kappa shape index (κ3) is 5.52. The Hall–Kier alpha value is -2.94. The van der Waals surface area contributed by atoms with Crippen molar-refractivity contribution in [1.29, 1.82) is 0 Å². The number of halogens is 3. The predicted molar refractivity (Wildman–Crippen MR) is 135 cm³/mol. The van der Waals surface area contributed by atoms with Crippen LogP contribution in [0.4, 0.5) is 15.8 Å². The summed E-state index contributed by atoms with van der Waals surface area (Å²) >= 11 is 17.8. The molecular weight excluding hydrogens is 482 g/mol. The lowest BCUT2D eigenvalue weighted by molar-refractivity contribution is 0.585. The van der Waals surface area contributed by atoms with Gasteiger partial charge in [0.2, 0.25) is 0 Å². The lowest BCUT2D eigenvalue weighted by atomic mass is 10.2. The van der Waals surface area contributed by atoms with Crippen LogP contribution in [0.1, 0.15) is 22.5 Å². The average molecular weight is 503 g/mol. The number of rotatable bonds is 6. The fraction of sp³-hybridized carbons (Fsp3) is 0.174. The molecule has 0 unspecified atom stereocenters. The van der Waals surface area contributed by atoms with E-state index in [1.54, 1.807) is 47.4 Å². The Morgan fingerprint density at radius 3 is 2.61 bits per heavy atom. The minimum absolute atomic E-state index is 0.262. The molecule has 0 amide bonds. The zero-order chi connectivity index (χ0) is 23.5. The maximum atomic E-state index is 13.9. The van der Waals surface area contributed by atoms with Gasteiger partial charge in [-0.15, -0.1) is 0 Å². The number of thiocarbonyl (C=S) groups is 1. The second kappa shape index (κ2) is 9.91. The van der Waals surface area contributed by atoms with Crippen LogP contribution >= 0.6 is 35.4 Å². The van der Waals surface area contributed by atoms with Gasteiger partial charge >= 0.3 is 0 Å². The highest BCUT2D eigenvalue weighted by atomic mass is 35.5. The molecule has 0 bridgehead atoms. The van der Waals surface area contributed by atoms with Gasteiger partial charge in [-0.25, -0.2) is 4.39 Å². The number of hydrogen-bond donors (Lipinski definition) is 2. The van der Waals surface area contributed by atoms with E-state index in [-0.39, 0.29) is 5.82 Å². The topological polar surface area (TPSA) is 59.7 Å². The minimum atomic E-state index is -0.262. The van der Waals surface area contributed by atoms with E-state index in [0.29, 0.717) is 39.5 Å². The van der Waals surface area contributed by atoms with Gasteiger partial charge in [0.25, 0.3) is 0 Å². The number of nitrogens with zero attached hydrogens (tertiary/aromatic N) is 4. The van der Waals surface area contributed by atoms with Crippen molar-refractivity contribution in [1.82, 2.24) is 19.6 Å². The molecule has 0 radical (unpaired) electrons. The molecule has 2 N–H and O–H groups in total. The molecule has 6 nitrogen and oxygen atoms in total. The summed E-state index contributed by atoms with van der Waals surface area (Å²) in [5.74, 6) is -0.262. The van der Waals surface area contributed by atoms with Crippen LogP contribution in [0.25, 0.3) is 0 Å². The molecule has 0 atom stereocenters. The summed E-state index contributed by atoms with van der Waals surface area (Å²) in [5.41, 5.74) is 4.71. The maximum Gasteiger partial charge on any atom is 0.175 e. The molecule has 0 saturated heterocycles. The van der Waals surface area contributed by atoms with Crippen molar-refractivity contribution in [3.05, 3.63) is 93.2 Å². The van der Waals surface area contributed by atoms with E-state index in [9.17, 15) is 4.39 Å². The van der Waals surface area contributed by atoms with Gasteiger partial charge < -0.3 is 10.6 Å². The second-order valence-corrected chi connectivity index (χ2v) is 8.79. The van der Waals surface area contributed by atoms with E-state index in [4.69, 9.17) is 35.4 Å². The van der Waals surface area contributed by atoms with Crippen LogP contribution in [-0.4, -0.2) is 24.7 Å². The average Bonchev–Trinajstić information content (AvgIpc) is 3.31. The van der Waals surface area contributed by atoms with Gasteiger partial charge in [0, 0.05) is 21.8 Å². The van der Waals surface area contributed by atoms with Gasteiger partial charge in [-0.2, -0.15) is 10.2 Å². The molecular formula is C23H21Cl2FN6S. The van der Waals surface area contributed by atoms with Gasteiger partial charge in [0.15, 0.2) is 5.11 Å². The van der Waals surface area contributed by atoms with Crippen molar-refractivity contribution in [2.75, 3.05) is 10.6 Å². The number of hydrogen-bond acceptors (Lipinski definition) is 3. The van der Waals surface area contributed by atoms with E-state index in [0.717, 1.165) is 22.6 Å². The summed E-state index contributed by atoms with van der Waals surface area (Å²) in [7, 11) is 0. The molecule has 0 saturated carbocycles. The largest absolute Gasteiger partial charge is 0.330 e. The Labute approximate surface area is 206 Å². The Kier molecular flexibility index (Phi) is 6.97. The van der Waals surface area contributed by atoms with Crippen LogP contribution in [-0.2, 0) is 13.1 Å². The summed E-state index contributed by atoms with van der Waals surface area (Å²) in [5, 5.41) is 16.8. The molecule has 4 aromatic rings. The van der Waals surface area contributed by atoms with Gasteiger partial charge in [-0.3, -0.25) is 9.36 Å². The van der Waals surface area contributed by atoms with Crippen LogP contribution in [0.5, 0.6) is 0 Å². The normalized spacial score (nSPS) is 10.9. The highest BCUT2D eigenvalue weighted by molar-refractivity contribution is 7.80. The van der Waals surface area contributed by atoms with E-state index in [2.05, 4.69) is 20.8 Å². The Balaban J connectivity index is 1.42. The molecule has 0 aliphatic carbocycles. The number of aromatic nitrogens is 4. The molecule has 2 aromatic heterocycles. The summed E-state index contributed by atoms with van der Waals surface area (Å²) in [6.07, 6.45) is 3.41. The van der Waals surface area contributed by atoms with Gasteiger partial charge in [-0.05, 0) is 49.8 Å². The maximum absolute atomic E-state index is 13.9. The van der Waals surface area contributed by atoms with Crippen molar-refractivity contribution in [3.63, 3.8) is 0 Å². The third-order valence-corrected chi connectivity index (χ3v) is 5.93. The molecule has 4 rings (SSSR count). The van der Waals surface area contributed by atoms with Crippen LogP contribution in [0, 0.1) is 19.7 Å². The van der Waals surface area contributed by atoms with Crippen LogP contribution in [0.15, 0.2) is 54.9 Å². The Bertz CT molecular complexity index is 1320. The van der Waals surface area contributed by atoms with Crippen molar-refractivity contribution in [2.45, 2.75) is 26.9 Å². The summed E-state index contributed by atoms with van der Waals surface area (Å²) in [6, 6.07) is 12.0. The zero-order valence-corrected chi connectivity index (χ0v) is 20.3. The minimum Gasteiger partial charge on any atom is -0.330 e. The SMILES string of the molecule is Cc1nn(Cc2ccc(Cl)cc2Cl)c(C)c1NC(=S)Nc1cnn(Cc2ccccc2F)c1. The lowest BCUT2D eigenvalue weighted by Gasteiger charge is -2.10. The van der Waals surface area contributed by atoms with Crippen LogP contribution < -0.4 is 10.6 Å². The van der Waals surface area contributed by atoms with E-state index in [1.807, 2.05) is 24.6 Å². The third-order valence-electron chi connectivity index (χ3n) is 5.14. The van der Waals surface area contributed by atoms with E-state index in [1.165, 1.54) is 6.07 Å². The molecule has 0 spiro atoms. The first-order chi connectivity index (χ1) is 15.8. The highest BCUT2D eigenvalue weighted by Gasteiger charge is 2.15. The first kappa shape index (κ1) is 23.2. The fourth-order valence-corrected chi connectivity index (χ4v) is 4.12. The van der Waals surface area contributed by atoms with Crippen molar-refractivity contribution in [2.24, 2.45) is 0 Å². The summed E-state index contributed by atoms with van der Waals surface area (Å²) in [4.78, 5) is 0. The van der Waals surface area contributed by atoms with Crippen LogP contribution in [0.3, 0.4) is 0 Å². The molecule has 33 heavy (non-hydrogen) atoms. The lowest BCUT2D eigenvalue weighted by Crippen LogP contribution is -2.19. The highest BCUT2D eigenvalue weighted by Crippen LogP contribution is 2.25. The first-order valence-corrected chi connectivity index (χ1v) is 11.3. The molecule has 2 heterocycles. The van der Waals surface area contributed by atoms with Crippen molar-refractivity contribution < 1.29 is 4.39 Å². The molecule has 2 aromatic carbocycles. The van der Waals surface area contributed by atoms with E-state index >= 15 is 0 Å². The Morgan fingerprint density at radius 2 is 1.85 bits per heavy atom. The quantitative estimate of drug-likeness (QED) is 0.314. The molecule has 0 fully saturated rings. The smallest absolute Gasteiger partial charge is 0.175 e. The molecule has 0 aliphatic rings. The van der Waals surface area contributed by atoms with Gasteiger partial charge in [0.1, 0.15) is 5.82 Å². The summed E-state index contributed by atoms with van der Waals surface area (Å²) < 4.78 is 17.4. The zero-order valence-electron chi connectivity index (χ0n) is 17.9. The number of nitrogens with one attached hydrogen (secondary N) is 2. The Morgan fingerprint density at radius 1 is 1.06 bits per heavy atom. The number of aryl methyl sites for hydroxylation is 1. The fourth-order valence-electron chi connectivity index (χ4n) is 3.43.